The van der Waals surface area contributed by atoms with Gasteiger partial charge < -0.3 is 15.2 Å². The molecule has 2 rings (SSSR count). The van der Waals surface area contributed by atoms with Crippen molar-refractivity contribution in [3.05, 3.63) is 17.5 Å². The second kappa shape index (κ2) is 7.60. The molecule has 0 radical (unpaired) electrons. The first kappa shape index (κ1) is 17.5. The third-order valence-electron chi connectivity index (χ3n) is 3.11. The van der Waals surface area contributed by atoms with Crippen LogP contribution >= 0.6 is 23.1 Å². The van der Waals surface area contributed by atoms with Gasteiger partial charge in [-0.3, -0.25) is 9.59 Å². The van der Waals surface area contributed by atoms with Crippen LogP contribution in [0.2, 0.25) is 0 Å². The molecule has 7 nitrogen and oxygen atoms in total. The lowest BCUT2D eigenvalue weighted by molar-refractivity contribution is -0.127. The van der Waals surface area contributed by atoms with Gasteiger partial charge in [0.15, 0.2) is 11.0 Å². The molecule has 0 saturated heterocycles. The van der Waals surface area contributed by atoms with Crippen molar-refractivity contribution in [3.63, 3.8) is 0 Å². The van der Waals surface area contributed by atoms with E-state index in [1.807, 2.05) is 29.0 Å². The molecule has 0 saturated carbocycles. The van der Waals surface area contributed by atoms with Crippen LogP contribution in [0.25, 0.3) is 10.7 Å². The van der Waals surface area contributed by atoms with Crippen molar-refractivity contribution >= 4 is 34.9 Å². The van der Waals surface area contributed by atoms with E-state index in [1.165, 1.54) is 11.8 Å². The molecular formula is C14H19N5O2S2. The Balaban J connectivity index is 2.28. The molecule has 124 valence electrons. The summed E-state index contributed by atoms with van der Waals surface area (Å²) in [5.74, 6) is 0.301. The van der Waals surface area contributed by atoms with Gasteiger partial charge >= 0.3 is 0 Å². The van der Waals surface area contributed by atoms with Gasteiger partial charge in [0.25, 0.3) is 0 Å². The van der Waals surface area contributed by atoms with E-state index >= 15 is 0 Å². The van der Waals surface area contributed by atoms with E-state index in [0.29, 0.717) is 17.5 Å². The molecule has 0 fully saturated rings. The number of primary amides is 1. The number of amides is 2. The first-order chi connectivity index (χ1) is 10.9. The number of hydrogen-bond donors (Lipinski definition) is 1. The van der Waals surface area contributed by atoms with Crippen LogP contribution in [0, 0.1) is 0 Å². The van der Waals surface area contributed by atoms with Crippen LogP contribution in [-0.2, 0) is 16.1 Å². The summed E-state index contributed by atoms with van der Waals surface area (Å²) in [4.78, 5) is 25.7. The van der Waals surface area contributed by atoms with Crippen LogP contribution in [0.5, 0.6) is 0 Å². The minimum absolute atomic E-state index is 0.00266. The molecule has 9 heteroatoms. The number of rotatable bonds is 7. The lowest BCUT2D eigenvalue weighted by Crippen LogP contribution is -2.30. The second-order valence-electron chi connectivity index (χ2n) is 5.14. The summed E-state index contributed by atoms with van der Waals surface area (Å²) in [6, 6.07) is 3.87. The van der Waals surface area contributed by atoms with Crippen LogP contribution in [-0.4, -0.2) is 50.8 Å². The van der Waals surface area contributed by atoms with E-state index in [-0.39, 0.29) is 23.5 Å². The normalized spacial score (nSPS) is 12.1. The maximum absolute atomic E-state index is 12.0. The van der Waals surface area contributed by atoms with Gasteiger partial charge in [-0.15, -0.1) is 21.5 Å². The molecule has 2 aromatic rings. The Morgan fingerprint density at radius 2 is 2.17 bits per heavy atom. The Labute approximate surface area is 142 Å². The van der Waals surface area contributed by atoms with Crippen molar-refractivity contribution in [1.82, 2.24) is 19.7 Å². The lowest BCUT2D eigenvalue weighted by Gasteiger charge is -2.16. The molecule has 2 N–H and O–H groups in total. The summed E-state index contributed by atoms with van der Waals surface area (Å²) in [5, 5.41) is 10.7. The Morgan fingerprint density at radius 3 is 2.74 bits per heavy atom. The summed E-state index contributed by atoms with van der Waals surface area (Å²) in [7, 11) is 3.43. The van der Waals surface area contributed by atoms with Gasteiger partial charge in [0.2, 0.25) is 11.8 Å². The fraction of sp³-hybridized carbons (Fsp3) is 0.429. The van der Waals surface area contributed by atoms with Crippen molar-refractivity contribution in [2.75, 3.05) is 14.1 Å². The second-order valence-corrected chi connectivity index (χ2v) is 7.40. The molecule has 2 amide bonds. The van der Waals surface area contributed by atoms with Crippen LogP contribution in [0.1, 0.15) is 13.3 Å². The van der Waals surface area contributed by atoms with E-state index < -0.39 is 0 Å². The van der Waals surface area contributed by atoms with Crippen LogP contribution < -0.4 is 5.73 Å². The maximum Gasteiger partial charge on any atom is 0.235 e. The summed E-state index contributed by atoms with van der Waals surface area (Å²) in [5.41, 5.74) is 5.26. The van der Waals surface area contributed by atoms with Crippen molar-refractivity contribution in [1.29, 1.82) is 0 Å². The molecule has 1 atom stereocenters. The van der Waals surface area contributed by atoms with Crippen LogP contribution in [0.15, 0.2) is 22.7 Å². The van der Waals surface area contributed by atoms with Gasteiger partial charge in [0.05, 0.1) is 10.1 Å². The zero-order valence-electron chi connectivity index (χ0n) is 13.2. The number of carbonyl (C=O) groups excluding carboxylic acids is 2. The van der Waals surface area contributed by atoms with E-state index in [9.17, 15) is 9.59 Å². The third kappa shape index (κ3) is 4.32. The van der Waals surface area contributed by atoms with Gasteiger partial charge in [0, 0.05) is 27.1 Å². The average Bonchev–Trinajstić information content (AvgIpc) is 3.13. The zero-order valence-corrected chi connectivity index (χ0v) is 14.9. The van der Waals surface area contributed by atoms with Gasteiger partial charge in [-0.25, -0.2) is 0 Å². The molecule has 0 aliphatic heterocycles. The molecule has 0 aliphatic rings. The monoisotopic (exact) mass is 353 g/mol. The smallest absolute Gasteiger partial charge is 0.235 e. The predicted molar refractivity (Wildman–Crippen MR) is 91.2 cm³/mol. The zero-order chi connectivity index (χ0) is 17.0. The Hall–Kier alpha value is -1.87. The van der Waals surface area contributed by atoms with Crippen LogP contribution in [0.4, 0.5) is 0 Å². The molecule has 0 aromatic carbocycles. The number of thioether (sulfide) groups is 1. The van der Waals surface area contributed by atoms with E-state index in [2.05, 4.69) is 10.2 Å². The number of carbonyl (C=O) groups is 2. The highest BCUT2D eigenvalue weighted by Crippen LogP contribution is 2.29. The average molecular weight is 353 g/mol. The molecule has 0 unspecified atom stereocenters. The van der Waals surface area contributed by atoms with Gasteiger partial charge in [-0.05, 0) is 18.4 Å². The first-order valence-electron chi connectivity index (χ1n) is 7.03. The van der Waals surface area contributed by atoms with E-state index in [0.717, 1.165) is 4.88 Å². The number of nitrogens with zero attached hydrogens (tertiary/aromatic N) is 4. The fourth-order valence-electron chi connectivity index (χ4n) is 1.96. The molecule has 2 heterocycles. The number of thiophene rings is 1. The highest BCUT2D eigenvalue weighted by atomic mass is 32.2. The van der Waals surface area contributed by atoms with Crippen molar-refractivity contribution in [2.45, 2.75) is 30.3 Å². The standard InChI is InChI=1S/C14H19N5O2S2/c1-9(13(21)18(2)3)23-14-17-16-12(10-5-4-8-22-10)19(14)7-6-11(15)20/h4-5,8-9H,6-7H2,1-3H3,(H2,15,20)/t9-/m0/s1. The van der Waals surface area contributed by atoms with Crippen molar-refractivity contribution in [3.8, 4) is 10.7 Å². The summed E-state index contributed by atoms with van der Waals surface area (Å²) >= 11 is 2.87. The van der Waals surface area contributed by atoms with E-state index in [1.54, 1.807) is 30.3 Å². The summed E-state index contributed by atoms with van der Waals surface area (Å²) < 4.78 is 1.85. The fourth-order valence-corrected chi connectivity index (χ4v) is 3.70. The molecule has 0 spiro atoms. The molecule has 23 heavy (non-hydrogen) atoms. The predicted octanol–water partition coefficient (Wildman–Crippen LogP) is 1.45. The van der Waals surface area contributed by atoms with Gasteiger partial charge in [0.1, 0.15) is 0 Å². The summed E-state index contributed by atoms with van der Waals surface area (Å²) in [6.07, 6.45) is 0.194. The van der Waals surface area contributed by atoms with Crippen molar-refractivity contribution in [2.24, 2.45) is 5.73 Å². The van der Waals surface area contributed by atoms with Gasteiger partial charge in [-0.1, -0.05) is 17.8 Å². The Kier molecular flexibility index (Phi) is 5.78. The van der Waals surface area contributed by atoms with Gasteiger partial charge in [-0.2, -0.15) is 0 Å². The van der Waals surface area contributed by atoms with E-state index in [4.69, 9.17) is 5.73 Å². The highest BCUT2D eigenvalue weighted by molar-refractivity contribution is 8.00. The largest absolute Gasteiger partial charge is 0.370 e. The molecule has 2 aromatic heterocycles. The quantitative estimate of drug-likeness (QED) is 0.760. The summed E-state index contributed by atoms with van der Waals surface area (Å²) in [6.45, 7) is 2.21. The topological polar surface area (TPSA) is 94.1 Å². The third-order valence-corrected chi connectivity index (χ3v) is 5.04. The minimum atomic E-state index is -0.385. The first-order valence-corrected chi connectivity index (χ1v) is 8.79. The number of hydrogen-bond acceptors (Lipinski definition) is 6. The maximum atomic E-state index is 12.0. The molecule has 0 aliphatic carbocycles. The van der Waals surface area contributed by atoms with Crippen molar-refractivity contribution < 1.29 is 9.59 Å². The Morgan fingerprint density at radius 1 is 1.43 bits per heavy atom. The highest BCUT2D eigenvalue weighted by Gasteiger charge is 2.22. The minimum Gasteiger partial charge on any atom is -0.370 e. The number of aromatic nitrogens is 3. The number of nitrogens with two attached hydrogens (primary N) is 1. The molecule has 0 bridgehead atoms. The SMILES string of the molecule is C[C@H](Sc1nnc(-c2cccs2)n1CCC(N)=O)C(=O)N(C)C. The van der Waals surface area contributed by atoms with Crippen LogP contribution in [0.3, 0.4) is 0 Å². The Bertz CT molecular complexity index is 681. The molecular weight excluding hydrogens is 334 g/mol. The lowest BCUT2D eigenvalue weighted by atomic mass is 10.4.